The van der Waals surface area contributed by atoms with Gasteiger partial charge in [-0.05, 0) is 50.4 Å². The normalized spacial score (nSPS) is 40.7. The molecule has 0 radical (unpaired) electrons. The Morgan fingerprint density at radius 2 is 1.19 bits per heavy atom. The van der Waals surface area contributed by atoms with Gasteiger partial charge in [0.25, 0.3) is 0 Å². The van der Waals surface area contributed by atoms with Crippen LogP contribution in [0.25, 0.3) is 0 Å². The summed E-state index contributed by atoms with van der Waals surface area (Å²) in [5.41, 5.74) is 3.08. The summed E-state index contributed by atoms with van der Waals surface area (Å²) in [4.78, 5) is 0. The molecule has 0 fully saturated rings. The van der Waals surface area contributed by atoms with Crippen LogP contribution in [0.5, 0.6) is 0 Å². The van der Waals surface area contributed by atoms with Crippen molar-refractivity contribution in [3.63, 3.8) is 0 Å². The second-order valence-electron chi connectivity index (χ2n) is 7.79. The average Bonchev–Trinajstić information content (AvgIpc) is 2.46. The number of ether oxygens (including phenoxy) is 1. The summed E-state index contributed by atoms with van der Waals surface area (Å²) in [6.07, 6.45) is 7.33. The zero-order chi connectivity index (χ0) is 15.6. The molecule has 0 bridgehead atoms. The smallest absolute Gasteiger partial charge is 0.0534 e. The SMILES string of the molecule is CC1=CCC(C)C(C)C1COCC1C(C)=CCC(C)C1C. The van der Waals surface area contributed by atoms with Gasteiger partial charge in [-0.3, -0.25) is 0 Å². The van der Waals surface area contributed by atoms with E-state index < -0.39 is 0 Å². The second-order valence-corrected chi connectivity index (χ2v) is 7.79. The zero-order valence-electron chi connectivity index (χ0n) is 14.9. The topological polar surface area (TPSA) is 9.23 Å². The number of hydrogen-bond acceptors (Lipinski definition) is 1. The molecule has 2 rings (SSSR count). The maximum Gasteiger partial charge on any atom is 0.0534 e. The van der Waals surface area contributed by atoms with Crippen molar-refractivity contribution in [1.29, 1.82) is 0 Å². The van der Waals surface area contributed by atoms with Crippen molar-refractivity contribution < 1.29 is 4.74 Å². The van der Waals surface area contributed by atoms with E-state index >= 15 is 0 Å². The molecule has 1 nitrogen and oxygen atoms in total. The minimum atomic E-state index is 0.620. The van der Waals surface area contributed by atoms with Gasteiger partial charge < -0.3 is 4.74 Å². The predicted molar refractivity (Wildman–Crippen MR) is 91.2 cm³/mol. The van der Waals surface area contributed by atoms with E-state index in [0.29, 0.717) is 11.8 Å². The molecule has 2 aliphatic carbocycles. The van der Waals surface area contributed by atoms with Gasteiger partial charge in [0, 0.05) is 11.8 Å². The predicted octanol–water partition coefficient (Wildman–Crippen LogP) is 5.48. The average molecular weight is 290 g/mol. The molecule has 0 saturated carbocycles. The third-order valence-electron chi connectivity index (χ3n) is 6.45. The van der Waals surface area contributed by atoms with Crippen LogP contribution in [0, 0.1) is 35.5 Å². The van der Waals surface area contributed by atoms with Crippen molar-refractivity contribution in [3.05, 3.63) is 23.3 Å². The monoisotopic (exact) mass is 290 g/mol. The van der Waals surface area contributed by atoms with Crippen LogP contribution in [0.3, 0.4) is 0 Å². The number of hydrogen-bond donors (Lipinski definition) is 0. The molecule has 6 atom stereocenters. The first-order valence-corrected chi connectivity index (χ1v) is 8.82. The van der Waals surface area contributed by atoms with E-state index in [1.807, 2.05) is 0 Å². The highest BCUT2D eigenvalue weighted by molar-refractivity contribution is 5.11. The third-order valence-corrected chi connectivity index (χ3v) is 6.45. The van der Waals surface area contributed by atoms with E-state index in [1.54, 1.807) is 0 Å². The van der Waals surface area contributed by atoms with Gasteiger partial charge in [0.05, 0.1) is 13.2 Å². The van der Waals surface area contributed by atoms with Gasteiger partial charge in [-0.15, -0.1) is 0 Å². The molecule has 21 heavy (non-hydrogen) atoms. The van der Waals surface area contributed by atoms with Crippen molar-refractivity contribution in [2.75, 3.05) is 13.2 Å². The van der Waals surface area contributed by atoms with Crippen LogP contribution in [-0.2, 0) is 4.74 Å². The van der Waals surface area contributed by atoms with E-state index in [4.69, 9.17) is 4.74 Å². The molecule has 6 unspecified atom stereocenters. The van der Waals surface area contributed by atoms with Crippen LogP contribution in [0.1, 0.15) is 54.4 Å². The fourth-order valence-electron chi connectivity index (χ4n) is 3.99. The largest absolute Gasteiger partial charge is 0.380 e. The van der Waals surface area contributed by atoms with Gasteiger partial charge in [-0.25, -0.2) is 0 Å². The van der Waals surface area contributed by atoms with Gasteiger partial charge in [-0.2, -0.15) is 0 Å². The van der Waals surface area contributed by atoms with Crippen LogP contribution in [0.15, 0.2) is 23.3 Å². The van der Waals surface area contributed by atoms with Crippen molar-refractivity contribution >= 4 is 0 Å². The molecule has 0 aromatic heterocycles. The molecule has 2 aliphatic rings. The van der Waals surface area contributed by atoms with Gasteiger partial charge in [0.15, 0.2) is 0 Å². The van der Waals surface area contributed by atoms with Crippen LogP contribution in [0.4, 0.5) is 0 Å². The van der Waals surface area contributed by atoms with Crippen molar-refractivity contribution in [3.8, 4) is 0 Å². The molecule has 0 aromatic rings. The molecule has 0 aliphatic heterocycles. The van der Waals surface area contributed by atoms with Gasteiger partial charge in [-0.1, -0.05) is 51.0 Å². The third kappa shape index (κ3) is 3.80. The molecule has 0 amide bonds. The maximum atomic E-state index is 6.21. The lowest BCUT2D eigenvalue weighted by Crippen LogP contribution is -2.31. The van der Waals surface area contributed by atoms with E-state index in [0.717, 1.165) is 36.9 Å². The van der Waals surface area contributed by atoms with Gasteiger partial charge >= 0.3 is 0 Å². The molecule has 1 heteroatoms. The summed E-state index contributed by atoms with van der Waals surface area (Å²) in [6, 6.07) is 0. The van der Waals surface area contributed by atoms with Crippen LogP contribution in [0.2, 0.25) is 0 Å². The summed E-state index contributed by atoms with van der Waals surface area (Å²) in [7, 11) is 0. The van der Waals surface area contributed by atoms with E-state index in [2.05, 4.69) is 53.7 Å². The summed E-state index contributed by atoms with van der Waals surface area (Å²) >= 11 is 0. The lowest BCUT2D eigenvalue weighted by molar-refractivity contribution is 0.0429. The Bertz CT molecular complexity index is 368. The molecule has 0 aromatic carbocycles. The fraction of sp³-hybridized carbons (Fsp3) is 0.800. The summed E-state index contributed by atoms with van der Waals surface area (Å²) in [5.74, 6) is 4.31. The quantitative estimate of drug-likeness (QED) is 0.623. The van der Waals surface area contributed by atoms with E-state index in [9.17, 15) is 0 Å². The minimum Gasteiger partial charge on any atom is -0.380 e. The Labute approximate surface area is 131 Å². The molecule has 120 valence electrons. The van der Waals surface area contributed by atoms with Crippen molar-refractivity contribution in [1.82, 2.24) is 0 Å². The Balaban J connectivity index is 1.89. The Kier molecular flexibility index (Phi) is 5.71. The first kappa shape index (κ1) is 16.8. The van der Waals surface area contributed by atoms with Crippen LogP contribution in [-0.4, -0.2) is 13.2 Å². The summed E-state index contributed by atoms with van der Waals surface area (Å²) < 4.78 is 6.21. The standard InChI is InChI=1S/C20H34O/c1-13-7-9-15(3)19(17(13)5)11-21-12-20-16(4)10-8-14(2)18(20)6/h9-10,13-14,17-20H,7-8,11-12H2,1-6H3. The molecule has 0 saturated heterocycles. The Hall–Kier alpha value is -0.560. The zero-order valence-corrected chi connectivity index (χ0v) is 14.9. The van der Waals surface area contributed by atoms with Crippen molar-refractivity contribution in [2.24, 2.45) is 35.5 Å². The Morgan fingerprint density at radius 1 is 0.810 bits per heavy atom. The highest BCUT2D eigenvalue weighted by atomic mass is 16.5. The highest BCUT2D eigenvalue weighted by Crippen LogP contribution is 2.36. The van der Waals surface area contributed by atoms with Gasteiger partial charge in [0.2, 0.25) is 0 Å². The Morgan fingerprint density at radius 3 is 1.57 bits per heavy atom. The van der Waals surface area contributed by atoms with Crippen molar-refractivity contribution in [2.45, 2.75) is 54.4 Å². The van der Waals surface area contributed by atoms with E-state index in [-0.39, 0.29) is 0 Å². The second kappa shape index (κ2) is 7.13. The maximum absolute atomic E-state index is 6.21. The molecule has 0 heterocycles. The fourth-order valence-corrected chi connectivity index (χ4v) is 3.99. The first-order chi connectivity index (χ1) is 9.91. The summed E-state index contributed by atoms with van der Waals surface area (Å²) in [6.45, 7) is 15.9. The summed E-state index contributed by atoms with van der Waals surface area (Å²) in [5, 5.41) is 0. The minimum absolute atomic E-state index is 0.620. The molecule has 0 spiro atoms. The number of allylic oxidation sites excluding steroid dienone is 2. The van der Waals surface area contributed by atoms with Gasteiger partial charge in [0.1, 0.15) is 0 Å². The molecule has 0 N–H and O–H groups in total. The lowest BCUT2D eigenvalue weighted by atomic mass is 9.74. The highest BCUT2D eigenvalue weighted by Gasteiger charge is 2.30. The molecular formula is C20H34O. The van der Waals surface area contributed by atoms with Crippen LogP contribution >= 0.6 is 0 Å². The van der Waals surface area contributed by atoms with E-state index in [1.165, 1.54) is 24.0 Å². The first-order valence-electron chi connectivity index (χ1n) is 8.82. The lowest BCUT2D eigenvalue weighted by Gasteiger charge is -2.36. The molecular weight excluding hydrogens is 256 g/mol. The number of rotatable bonds is 4. The van der Waals surface area contributed by atoms with Crippen LogP contribution < -0.4 is 0 Å².